The molecular formula is C26H34F2N4O2. The van der Waals surface area contributed by atoms with Gasteiger partial charge in [0, 0.05) is 12.1 Å². The highest BCUT2D eigenvalue weighted by Crippen LogP contribution is 2.65. The summed E-state index contributed by atoms with van der Waals surface area (Å²) >= 11 is 0. The molecule has 184 valence electrons. The van der Waals surface area contributed by atoms with Gasteiger partial charge in [-0.3, -0.25) is 9.78 Å². The van der Waals surface area contributed by atoms with Crippen molar-refractivity contribution in [2.45, 2.75) is 83.3 Å². The summed E-state index contributed by atoms with van der Waals surface area (Å²) in [6.07, 6.45) is 7.96. The largest absolute Gasteiger partial charge is 0.384 e. The molecule has 1 N–H and O–H groups in total. The van der Waals surface area contributed by atoms with Crippen LogP contribution in [-0.2, 0) is 11.3 Å². The Morgan fingerprint density at radius 3 is 2.68 bits per heavy atom. The Morgan fingerprint density at radius 1 is 1.09 bits per heavy atom. The van der Waals surface area contributed by atoms with Crippen LogP contribution in [0.4, 0.5) is 8.78 Å². The fraction of sp³-hybridized carbons (Fsp3) is 0.769. The second-order valence-electron chi connectivity index (χ2n) is 11.8. The highest BCUT2D eigenvalue weighted by molar-refractivity contribution is 5.82. The zero-order chi connectivity index (χ0) is 23.7. The van der Waals surface area contributed by atoms with E-state index in [4.69, 9.17) is 0 Å². The van der Waals surface area contributed by atoms with Gasteiger partial charge in [0.25, 0.3) is 6.43 Å². The summed E-state index contributed by atoms with van der Waals surface area (Å²) in [5.74, 6) is 2.57. The number of hydrogen-bond donors (Lipinski definition) is 1. The fourth-order valence-corrected chi connectivity index (χ4v) is 8.77. The number of Topliss-reactive ketones (excluding diaryl/α,β-unsaturated/α-hetero) is 1. The fourth-order valence-electron chi connectivity index (χ4n) is 8.77. The van der Waals surface area contributed by atoms with Crippen molar-refractivity contribution in [2.75, 3.05) is 0 Å². The van der Waals surface area contributed by atoms with Crippen molar-refractivity contribution in [2.24, 2.45) is 40.9 Å². The van der Waals surface area contributed by atoms with Crippen LogP contribution in [0.2, 0.25) is 0 Å². The molecule has 2 heterocycles. The van der Waals surface area contributed by atoms with Crippen molar-refractivity contribution in [3.63, 3.8) is 0 Å². The van der Waals surface area contributed by atoms with Gasteiger partial charge >= 0.3 is 0 Å². The molecule has 6 rings (SSSR count). The molecule has 4 aliphatic rings. The summed E-state index contributed by atoms with van der Waals surface area (Å²) in [5, 5.41) is 19.3. The van der Waals surface area contributed by atoms with E-state index in [0.717, 1.165) is 44.0 Å². The Hall–Kier alpha value is -1.96. The van der Waals surface area contributed by atoms with Crippen LogP contribution in [0.5, 0.6) is 0 Å². The van der Waals surface area contributed by atoms with Gasteiger partial charge in [-0.25, -0.2) is 8.78 Å². The standard InChI is InChI=1S/C26H34F2N4O2/c1-25-9-6-17-16-7-10-26(34,24(27)28)12-15(16)2-3-18(17)19(25)4-5-20(25)23(33)14-32-30-21-8-11-29-13-22(21)31-32/h8,11,13,15-20,24,34H,2-7,9-10,12,14H2,1H3. The third-order valence-corrected chi connectivity index (χ3v) is 10.4. The van der Waals surface area contributed by atoms with E-state index >= 15 is 0 Å². The van der Waals surface area contributed by atoms with E-state index in [1.54, 1.807) is 18.5 Å². The first kappa shape index (κ1) is 22.5. The number of nitrogens with zero attached hydrogens (tertiary/aromatic N) is 4. The van der Waals surface area contributed by atoms with Gasteiger partial charge in [0.15, 0.2) is 5.78 Å². The minimum absolute atomic E-state index is 0.00239. The normalized spacial score (nSPS) is 41.8. The lowest BCUT2D eigenvalue weighted by molar-refractivity contribution is -0.160. The monoisotopic (exact) mass is 472 g/mol. The molecule has 8 atom stereocenters. The van der Waals surface area contributed by atoms with E-state index in [0.29, 0.717) is 35.6 Å². The van der Waals surface area contributed by atoms with Gasteiger partial charge in [-0.05, 0) is 98.9 Å². The molecule has 2 aromatic rings. The summed E-state index contributed by atoms with van der Waals surface area (Å²) < 4.78 is 26.9. The van der Waals surface area contributed by atoms with E-state index in [2.05, 4.69) is 22.1 Å². The Labute approximate surface area is 198 Å². The Bertz CT molecular complexity index is 1060. The van der Waals surface area contributed by atoms with Crippen molar-refractivity contribution < 1.29 is 18.7 Å². The lowest BCUT2D eigenvalue weighted by Crippen LogP contribution is -2.53. The van der Waals surface area contributed by atoms with Crippen LogP contribution >= 0.6 is 0 Å². The highest BCUT2D eigenvalue weighted by atomic mass is 19.3. The molecule has 0 spiro atoms. The van der Waals surface area contributed by atoms with Gasteiger partial charge in [-0.15, -0.1) is 0 Å². The molecule has 6 nitrogen and oxygen atoms in total. The number of rotatable bonds is 4. The summed E-state index contributed by atoms with van der Waals surface area (Å²) in [7, 11) is 0. The maximum absolute atomic E-state index is 13.5. The number of hydrogen-bond acceptors (Lipinski definition) is 5. The summed E-state index contributed by atoms with van der Waals surface area (Å²) in [4.78, 5) is 19.1. The Kier molecular flexibility index (Phi) is 5.32. The van der Waals surface area contributed by atoms with Crippen molar-refractivity contribution in [3.8, 4) is 0 Å². The molecule has 0 saturated heterocycles. The van der Waals surface area contributed by atoms with Gasteiger partial charge < -0.3 is 5.11 Å². The number of aromatic nitrogens is 4. The van der Waals surface area contributed by atoms with Gasteiger partial charge in [0.05, 0.1) is 6.20 Å². The zero-order valence-electron chi connectivity index (χ0n) is 19.7. The van der Waals surface area contributed by atoms with Crippen LogP contribution in [0, 0.1) is 40.9 Å². The SMILES string of the molecule is CC12CCC3C4CCC(O)(C(F)F)CC4CCC3C1CCC2C(=O)Cn1nc2ccncc2n1. The molecule has 0 amide bonds. The molecule has 0 aromatic carbocycles. The molecule has 2 aromatic heterocycles. The predicted octanol–water partition coefficient (Wildman–Crippen LogP) is 4.66. The molecule has 4 aliphatic carbocycles. The summed E-state index contributed by atoms with van der Waals surface area (Å²) in [6, 6.07) is 1.81. The van der Waals surface area contributed by atoms with Gasteiger partial charge in [-0.2, -0.15) is 15.0 Å². The van der Waals surface area contributed by atoms with Crippen LogP contribution in [0.15, 0.2) is 18.5 Å². The number of fused-ring (bicyclic) bond motifs is 6. The van der Waals surface area contributed by atoms with Gasteiger partial charge in [0.1, 0.15) is 23.2 Å². The maximum Gasteiger partial charge on any atom is 0.266 e. The molecular weight excluding hydrogens is 438 g/mol. The first-order valence-electron chi connectivity index (χ1n) is 13.0. The molecule has 4 fully saturated rings. The topological polar surface area (TPSA) is 80.9 Å². The van der Waals surface area contributed by atoms with Crippen LogP contribution in [-0.4, -0.2) is 42.9 Å². The second-order valence-corrected chi connectivity index (χ2v) is 11.8. The van der Waals surface area contributed by atoms with E-state index in [1.807, 2.05) is 0 Å². The average Bonchev–Trinajstić information content (AvgIpc) is 3.38. The first-order chi connectivity index (χ1) is 16.3. The number of carbonyl (C=O) groups excluding carboxylic acids is 1. The third-order valence-electron chi connectivity index (χ3n) is 10.4. The molecule has 34 heavy (non-hydrogen) atoms. The van der Waals surface area contributed by atoms with E-state index in [1.165, 1.54) is 4.80 Å². The number of halogens is 2. The van der Waals surface area contributed by atoms with Crippen molar-refractivity contribution in [1.29, 1.82) is 0 Å². The van der Waals surface area contributed by atoms with E-state index in [-0.39, 0.29) is 42.4 Å². The predicted molar refractivity (Wildman–Crippen MR) is 122 cm³/mol. The molecule has 8 unspecified atom stereocenters. The number of alkyl halides is 2. The van der Waals surface area contributed by atoms with Crippen molar-refractivity contribution in [3.05, 3.63) is 18.5 Å². The van der Waals surface area contributed by atoms with Crippen molar-refractivity contribution >= 4 is 16.8 Å². The van der Waals surface area contributed by atoms with E-state index < -0.39 is 12.0 Å². The van der Waals surface area contributed by atoms with E-state index in [9.17, 15) is 18.7 Å². The maximum atomic E-state index is 13.5. The average molecular weight is 473 g/mol. The minimum Gasteiger partial charge on any atom is -0.384 e. The number of ketones is 1. The highest BCUT2D eigenvalue weighted by Gasteiger charge is 2.59. The zero-order valence-corrected chi connectivity index (χ0v) is 19.7. The number of pyridine rings is 1. The molecule has 0 bridgehead atoms. The molecule has 0 radical (unpaired) electrons. The second kappa shape index (κ2) is 8.04. The van der Waals surface area contributed by atoms with Crippen LogP contribution < -0.4 is 0 Å². The van der Waals surface area contributed by atoms with Gasteiger partial charge in [0.2, 0.25) is 0 Å². The lowest BCUT2D eigenvalue weighted by Gasteiger charge is -2.57. The third kappa shape index (κ3) is 3.42. The van der Waals surface area contributed by atoms with Crippen LogP contribution in [0.3, 0.4) is 0 Å². The van der Waals surface area contributed by atoms with Crippen LogP contribution in [0.1, 0.15) is 64.7 Å². The molecule has 0 aliphatic heterocycles. The Balaban J connectivity index is 1.17. The first-order valence-corrected chi connectivity index (χ1v) is 13.0. The number of carbonyl (C=O) groups is 1. The quantitative estimate of drug-likeness (QED) is 0.700. The minimum atomic E-state index is -2.65. The Morgan fingerprint density at radius 2 is 1.88 bits per heavy atom. The smallest absolute Gasteiger partial charge is 0.266 e. The lowest BCUT2D eigenvalue weighted by atomic mass is 9.49. The van der Waals surface area contributed by atoms with Gasteiger partial charge in [-0.1, -0.05) is 6.92 Å². The van der Waals surface area contributed by atoms with Crippen molar-refractivity contribution in [1.82, 2.24) is 20.0 Å². The molecule has 8 heteroatoms. The summed E-state index contributed by atoms with van der Waals surface area (Å²) in [6.45, 7) is 2.52. The van der Waals surface area contributed by atoms with Crippen LogP contribution in [0.25, 0.3) is 11.0 Å². The summed E-state index contributed by atoms with van der Waals surface area (Å²) in [5.41, 5.74) is -0.336. The molecule has 4 saturated carbocycles. The number of aliphatic hydroxyl groups is 1.